The molecule has 4 heterocycles. The second kappa shape index (κ2) is 7.49. The number of hydrogen-bond acceptors (Lipinski definition) is 4. The number of carbonyl (C=O) groups is 2. The molecule has 2 aromatic rings. The predicted molar refractivity (Wildman–Crippen MR) is 134 cm³/mol. The van der Waals surface area contributed by atoms with E-state index < -0.39 is 36.8 Å². The Bertz CT molecular complexity index is 1050. The summed E-state index contributed by atoms with van der Waals surface area (Å²) >= 11 is -0.913. The molecule has 4 nitrogen and oxygen atoms in total. The molecular weight excluding hydrogens is 626 g/mol. The number of rotatable bonds is 4. The van der Waals surface area contributed by atoms with Gasteiger partial charge in [-0.05, 0) is 0 Å². The van der Waals surface area contributed by atoms with Gasteiger partial charge >= 0.3 is 197 Å². The van der Waals surface area contributed by atoms with Gasteiger partial charge in [0.2, 0.25) is 0 Å². The van der Waals surface area contributed by atoms with Gasteiger partial charge in [0.1, 0.15) is 0 Å². The van der Waals surface area contributed by atoms with Crippen LogP contribution in [-0.2, 0) is 9.59 Å². The zero-order valence-corrected chi connectivity index (χ0v) is 26.2. The number of carbonyl (C=O) groups excluding carboxylic acids is 2. The predicted octanol–water partition coefficient (Wildman–Crippen LogP) is 3.97. The van der Waals surface area contributed by atoms with Gasteiger partial charge in [-0.15, -0.1) is 0 Å². The molecule has 0 atom stereocenters. The molecule has 158 valence electrons. The van der Waals surface area contributed by atoms with Crippen molar-refractivity contribution >= 4 is 88.4 Å². The van der Waals surface area contributed by atoms with Crippen molar-refractivity contribution in [3.05, 3.63) is 45.2 Å². The molecule has 0 saturated carbocycles. The molecule has 0 N–H and O–H groups in total. The maximum absolute atomic E-state index is 13.3. The molecule has 0 bridgehead atoms. The summed E-state index contributed by atoms with van der Waals surface area (Å²) in [6, 6.07) is 8.60. The molecule has 0 radical (unpaired) electrons. The van der Waals surface area contributed by atoms with Gasteiger partial charge in [0.25, 0.3) is 0 Å². The zero-order chi connectivity index (χ0) is 22.2. The van der Waals surface area contributed by atoms with Crippen molar-refractivity contribution in [1.82, 2.24) is 9.80 Å². The van der Waals surface area contributed by atoms with Crippen molar-refractivity contribution in [1.29, 1.82) is 0 Å². The van der Waals surface area contributed by atoms with Gasteiger partial charge in [-0.1, -0.05) is 0 Å². The molecule has 0 fully saturated rings. The van der Waals surface area contributed by atoms with Crippen molar-refractivity contribution in [2.75, 3.05) is 14.1 Å². The number of fused-ring (bicyclic) bond motifs is 1. The van der Waals surface area contributed by atoms with Crippen LogP contribution in [0.15, 0.2) is 35.4 Å². The summed E-state index contributed by atoms with van der Waals surface area (Å²) < 4.78 is 2.90. The van der Waals surface area contributed by atoms with Crippen LogP contribution in [0.25, 0.3) is 11.4 Å². The quantitative estimate of drug-likeness (QED) is 0.469. The third-order valence-corrected chi connectivity index (χ3v) is 26.8. The molecule has 30 heavy (non-hydrogen) atoms. The molecule has 0 saturated heterocycles. The minimum absolute atomic E-state index is 0.0730. The summed E-state index contributed by atoms with van der Waals surface area (Å²) in [7, 11) is 3.60. The molecule has 0 aromatic carbocycles. The van der Waals surface area contributed by atoms with E-state index in [0.717, 1.165) is 21.1 Å². The van der Waals surface area contributed by atoms with Crippen LogP contribution in [0.4, 0.5) is 0 Å². The summed E-state index contributed by atoms with van der Waals surface area (Å²) in [6.45, 7) is 0. The van der Waals surface area contributed by atoms with E-state index in [-0.39, 0.29) is 11.8 Å². The number of thiophene rings is 2. The van der Waals surface area contributed by atoms with Crippen molar-refractivity contribution < 1.29 is 9.59 Å². The van der Waals surface area contributed by atoms with E-state index in [2.05, 4.69) is 53.9 Å². The molecule has 0 unspecified atom stereocenters. The number of amides is 2. The Hall–Kier alpha value is -0.583. The van der Waals surface area contributed by atoms with Crippen molar-refractivity contribution in [2.45, 2.75) is 29.6 Å². The first-order chi connectivity index (χ1) is 13.8. The summed E-state index contributed by atoms with van der Waals surface area (Å²) in [5, 5.41) is 0. The molecule has 2 aromatic heterocycles. The first-order valence-corrected chi connectivity index (χ1v) is 31.7. The molecule has 4 rings (SSSR count). The van der Waals surface area contributed by atoms with Gasteiger partial charge in [0, 0.05) is 0 Å². The van der Waals surface area contributed by atoms with Crippen LogP contribution in [0.2, 0.25) is 29.6 Å². The fraction of sp³-hybridized carbons (Fsp3) is 0.364. The average molecular weight is 654 g/mol. The summed E-state index contributed by atoms with van der Waals surface area (Å²) in [4.78, 5) is 46.4. The Morgan fingerprint density at radius 3 is 1.23 bits per heavy atom. The van der Waals surface area contributed by atoms with Crippen molar-refractivity contribution in [2.24, 2.45) is 0 Å². The molecule has 0 spiro atoms. The van der Waals surface area contributed by atoms with Crippen LogP contribution in [0.5, 0.6) is 0 Å². The van der Waals surface area contributed by atoms with E-state index in [0.29, 0.717) is 11.1 Å². The SMILES string of the molecule is CN1C(=O)C2=C(c3cc[c]([Sn]([CH3])([CH3])[CH3])s3)N(C)C(=O)C2=C1c1cc[c]([Sn]([CH3])([CH3])[CH3])s1. The summed E-state index contributed by atoms with van der Waals surface area (Å²) in [5.41, 5.74) is 2.71. The van der Waals surface area contributed by atoms with Gasteiger partial charge < -0.3 is 0 Å². The molecule has 2 aliphatic rings. The van der Waals surface area contributed by atoms with E-state index in [1.165, 1.54) is 5.79 Å². The van der Waals surface area contributed by atoms with Gasteiger partial charge in [0.15, 0.2) is 0 Å². The second-order valence-electron chi connectivity index (χ2n) is 10.0. The molecule has 0 aliphatic carbocycles. The fourth-order valence-corrected chi connectivity index (χ4v) is 16.6. The van der Waals surface area contributed by atoms with E-state index in [4.69, 9.17) is 0 Å². The zero-order valence-electron chi connectivity index (χ0n) is 18.8. The van der Waals surface area contributed by atoms with Crippen LogP contribution in [0.1, 0.15) is 9.75 Å². The Balaban J connectivity index is 1.91. The Kier molecular flexibility index (Phi) is 5.64. The summed E-state index contributed by atoms with van der Waals surface area (Å²) in [6.07, 6.45) is 0. The van der Waals surface area contributed by atoms with E-state index in [1.807, 2.05) is 0 Å². The Morgan fingerprint density at radius 2 is 0.967 bits per heavy atom. The normalized spacial score (nSPS) is 17.7. The maximum atomic E-state index is 13.3. The van der Waals surface area contributed by atoms with Crippen molar-refractivity contribution in [3.8, 4) is 0 Å². The fourth-order valence-electron chi connectivity index (χ4n) is 3.84. The third-order valence-electron chi connectivity index (χ3n) is 5.59. The standard InChI is InChI=1S/C16H10N2O2S2.6CH3.2Sn/c1-17-13(9-5-3-7-21-9)11-12(15(17)19)14(18(2)16(11)20)10-6-4-8-22-10;;;;;;;;/h3-6H,1-2H3;6*1H3;;. The average Bonchev–Trinajstić information content (AvgIpc) is 3.37. The van der Waals surface area contributed by atoms with E-state index in [1.54, 1.807) is 46.6 Å². The van der Waals surface area contributed by atoms with E-state index in [9.17, 15) is 9.59 Å². The topological polar surface area (TPSA) is 40.6 Å². The number of nitrogens with zero attached hydrogens (tertiary/aromatic N) is 2. The first kappa shape index (κ1) is 22.6. The van der Waals surface area contributed by atoms with Crippen LogP contribution < -0.4 is 5.79 Å². The molecule has 8 heteroatoms. The molecule has 2 aliphatic heterocycles. The second-order valence-corrected chi connectivity index (χ2v) is 43.0. The van der Waals surface area contributed by atoms with Crippen LogP contribution in [0, 0.1) is 0 Å². The van der Waals surface area contributed by atoms with Gasteiger partial charge in [-0.2, -0.15) is 0 Å². The van der Waals surface area contributed by atoms with E-state index >= 15 is 0 Å². The van der Waals surface area contributed by atoms with Crippen LogP contribution >= 0.6 is 22.7 Å². The van der Waals surface area contributed by atoms with Crippen LogP contribution in [0.3, 0.4) is 0 Å². The minimum atomic E-state index is -2.22. The van der Waals surface area contributed by atoms with Gasteiger partial charge in [-0.25, -0.2) is 0 Å². The van der Waals surface area contributed by atoms with Crippen molar-refractivity contribution in [3.63, 3.8) is 0 Å². The van der Waals surface area contributed by atoms with Gasteiger partial charge in [0.05, 0.1) is 0 Å². The van der Waals surface area contributed by atoms with Crippen LogP contribution in [-0.4, -0.2) is 72.5 Å². The molecule has 2 amide bonds. The first-order valence-electron chi connectivity index (χ1n) is 10.1. The third kappa shape index (κ3) is 3.55. The number of hydrogen-bond donors (Lipinski definition) is 0. The summed E-state index contributed by atoms with van der Waals surface area (Å²) in [5.74, 6) is -0.146. The Morgan fingerprint density at radius 1 is 0.633 bits per heavy atom. The van der Waals surface area contributed by atoms with Gasteiger partial charge in [-0.3, -0.25) is 0 Å². The monoisotopic (exact) mass is 656 g/mol. The number of likely N-dealkylation sites (N-methyl/N-ethyl adjacent to an activating group) is 2. The molecular formula is C22H28N2O2S2Sn2. The Labute approximate surface area is 195 Å².